The van der Waals surface area contributed by atoms with Gasteiger partial charge in [-0.3, -0.25) is 14.9 Å². The van der Waals surface area contributed by atoms with Crippen molar-refractivity contribution in [2.75, 3.05) is 19.6 Å². The van der Waals surface area contributed by atoms with Crippen LogP contribution in [-0.4, -0.2) is 43.8 Å². The van der Waals surface area contributed by atoms with Crippen LogP contribution in [0.1, 0.15) is 20.3 Å². The molecule has 0 heterocycles. The predicted octanol–water partition coefficient (Wildman–Crippen LogP) is 1.13. The van der Waals surface area contributed by atoms with E-state index in [0.29, 0.717) is 13.1 Å². The molecular weight excluding hydrogens is 310 g/mol. The second-order valence-corrected chi connectivity index (χ2v) is 6.17. The van der Waals surface area contributed by atoms with Crippen molar-refractivity contribution in [2.45, 2.75) is 25.2 Å². The summed E-state index contributed by atoms with van der Waals surface area (Å²) in [7, 11) is -4.03. The molecule has 1 amide bonds. The molecule has 122 valence electrons. The van der Waals surface area contributed by atoms with Gasteiger partial charge in [-0.05, 0) is 19.9 Å². The molecule has 1 N–H and O–H groups in total. The minimum atomic E-state index is -4.03. The quantitative estimate of drug-likeness (QED) is 0.568. The summed E-state index contributed by atoms with van der Waals surface area (Å²) in [6.07, 6.45) is 0.00153. The largest absolute Gasteiger partial charge is 0.343 e. The molecule has 8 nitrogen and oxygen atoms in total. The standard InChI is InChI=1S/C13H19N3O5S/c1-3-15(4-2)13(17)9-10-14-22(20,21)12-8-6-5-7-11(12)16(18)19/h5-8,14H,3-4,9-10H2,1-2H3. The Labute approximate surface area is 129 Å². The third-order valence-electron chi connectivity index (χ3n) is 3.10. The summed E-state index contributed by atoms with van der Waals surface area (Å²) in [5.74, 6) is -0.171. The molecule has 9 heteroatoms. The van der Waals surface area contributed by atoms with Gasteiger partial charge in [0.2, 0.25) is 15.9 Å². The van der Waals surface area contributed by atoms with E-state index in [1.807, 2.05) is 13.8 Å². The number of nitrogens with one attached hydrogen (secondary N) is 1. The third-order valence-corrected chi connectivity index (χ3v) is 4.61. The number of amides is 1. The van der Waals surface area contributed by atoms with Gasteiger partial charge in [0.15, 0.2) is 4.90 Å². The average molecular weight is 329 g/mol. The van der Waals surface area contributed by atoms with Crippen LogP contribution in [-0.2, 0) is 14.8 Å². The zero-order valence-electron chi connectivity index (χ0n) is 12.5. The van der Waals surface area contributed by atoms with Crippen molar-refractivity contribution < 1.29 is 18.1 Å². The van der Waals surface area contributed by atoms with Crippen LogP contribution in [0.15, 0.2) is 29.2 Å². The lowest BCUT2D eigenvalue weighted by Gasteiger charge is -2.18. The van der Waals surface area contributed by atoms with E-state index in [1.54, 1.807) is 4.90 Å². The molecule has 0 radical (unpaired) electrons. The van der Waals surface area contributed by atoms with Crippen molar-refractivity contribution in [3.05, 3.63) is 34.4 Å². The van der Waals surface area contributed by atoms with Gasteiger partial charge >= 0.3 is 0 Å². The summed E-state index contributed by atoms with van der Waals surface area (Å²) in [5, 5.41) is 10.9. The Morgan fingerprint density at radius 2 is 1.86 bits per heavy atom. The maximum Gasteiger partial charge on any atom is 0.289 e. The third kappa shape index (κ3) is 4.50. The first-order valence-corrected chi connectivity index (χ1v) is 8.32. The van der Waals surface area contributed by atoms with Crippen molar-refractivity contribution >= 4 is 21.6 Å². The Morgan fingerprint density at radius 1 is 1.27 bits per heavy atom. The smallest absolute Gasteiger partial charge is 0.289 e. The van der Waals surface area contributed by atoms with Crippen LogP contribution in [0.4, 0.5) is 5.69 Å². The van der Waals surface area contributed by atoms with E-state index >= 15 is 0 Å². The van der Waals surface area contributed by atoms with Crippen LogP contribution in [0.25, 0.3) is 0 Å². The molecule has 0 unspecified atom stereocenters. The predicted molar refractivity (Wildman–Crippen MR) is 80.8 cm³/mol. The Hall–Kier alpha value is -2.00. The van der Waals surface area contributed by atoms with Gasteiger partial charge in [-0.2, -0.15) is 0 Å². The first-order valence-electron chi connectivity index (χ1n) is 6.84. The zero-order chi connectivity index (χ0) is 16.8. The van der Waals surface area contributed by atoms with E-state index < -0.39 is 25.5 Å². The molecular formula is C13H19N3O5S. The molecule has 0 aliphatic heterocycles. The highest BCUT2D eigenvalue weighted by molar-refractivity contribution is 7.89. The van der Waals surface area contributed by atoms with Gasteiger partial charge in [0.25, 0.3) is 5.69 Å². The van der Waals surface area contributed by atoms with E-state index in [-0.39, 0.29) is 18.9 Å². The Bertz CT molecular complexity index is 641. The minimum absolute atomic E-state index is 0.00153. The highest BCUT2D eigenvalue weighted by Gasteiger charge is 2.24. The molecule has 0 bridgehead atoms. The average Bonchev–Trinajstić information content (AvgIpc) is 2.48. The van der Waals surface area contributed by atoms with Gasteiger partial charge in [-0.1, -0.05) is 12.1 Å². The van der Waals surface area contributed by atoms with Gasteiger partial charge < -0.3 is 4.90 Å². The van der Waals surface area contributed by atoms with Crippen molar-refractivity contribution in [2.24, 2.45) is 0 Å². The molecule has 0 atom stereocenters. The van der Waals surface area contributed by atoms with Crippen LogP contribution in [0.5, 0.6) is 0 Å². The van der Waals surface area contributed by atoms with E-state index in [2.05, 4.69) is 4.72 Å². The molecule has 0 fully saturated rings. The summed E-state index contributed by atoms with van der Waals surface area (Å²) >= 11 is 0. The van der Waals surface area contributed by atoms with E-state index in [1.165, 1.54) is 12.1 Å². The van der Waals surface area contributed by atoms with Crippen LogP contribution >= 0.6 is 0 Å². The van der Waals surface area contributed by atoms with Crippen LogP contribution < -0.4 is 4.72 Å². The fourth-order valence-corrected chi connectivity index (χ4v) is 3.14. The maximum absolute atomic E-state index is 12.1. The van der Waals surface area contributed by atoms with E-state index in [0.717, 1.165) is 12.1 Å². The normalized spacial score (nSPS) is 11.2. The number of nitrogens with zero attached hydrogens (tertiary/aromatic N) is 2. The highest BCUT2D eigenvalue weighted by Crippen LogP contribution is 2.22. The van der Waals surface area contributed by atoms with E-state index in [4.69, 9.17) is 0 Å². The highest BCUT2D eigenvalue weighted by atomic mass is 32.2. The second-order valence-electron chi connectivity index (χ2n) is 4.44. The van der Waals surface area contributed by atoms with Crippen LogP contribution in [0, 0.1) is 10.1 Å². The van der Waals surface area contributed by atoms with Crippen molar-refractivity contribution in [1.82, 2.24) is 9.62 Å². The number of nitro benzene ring substituents is 1. The first-order chi connectivity index (χ1) is 10.3. The fourth-order valence-electron chi connectivity index (χ4n) is 1.94. The fraction of sp³-hybridized carbons (Fsp3) is 0.462. The molecule has 1 aromatic rings. The van der Waals surface area contributed by atoms with Crippen LogP contribution in [0.2, 0.25) is 0 Å². The second kappa shape index (κ2) is 7.85. The van der Waals surface area contributed by atoms with Gasteiger partial charge in [-0.25, -0.2) is 13.1 Å². The number of carbonyl (C=O) groups excluding carboxylic acids is 1. The summed E-state index contributed by atoms with van der Waals surface area (Å²) < 4.78 is 26.4. The summed E-state index contributed by atoms with van der Waals surface area (Å²) in [5.41, 5.74) is -0.495. The molecule has 0 aromatic heterocycles. The van der Waals surface area contributed by atoms with Crippen molar-refractivity contribution in [3.8, 4) is 0 Å². The lowest BCUT2D eigenvalue weighted by atomic mass is 10.3. The number of carbonyl (C=O) groups is 1. The lowest BCUT2D eigenvalue weighted by Crippen LogP contribution is -2.34. The number of hydrogen-bond donors (Lipinski definition) is 1. The summed E-state index contributed by atoms with van der Waals surface area (Å²) in [6, 6.07) is 5.08. The number of hydrogen-bond acceptors (Lipinski definition) is 5. The van der Waals surface area contributed by atoms with Gasteiger partial charge in [0, 0.05) is 32.1 Å². The number of sulfonamides is 1. The minimum Gasteiger partial charge on any atom is -0.343 e. The molecule has 0 aliphatic carbocycles. The van der Waals surface area contributed by atoms with Gasteiger partial charge in [-0.15, -0.1) is 0 Å². The lowest BCUT2D eigenvalue weighted by molar-refractivity contribution is -0.387. The summed E-state index contributed by atoms with van der Waals surface area (Å²) in [4.78, 5) is 23.1. The zero-order valence-corrected chi connectivity index (χ0v) is 13.3. The van der Waals surface area contributed by atoms with Crippen LogP contribution in [0.3, 0.4) is 0 Å². The SMILES string of the molecule is CCN(CC)C(=O)CCNS(=O)(=O)c1ccccc1[N+](=O)[O-]. The first kappa shape index (κ1) is 18.1. The Kier molecular flexibility index (Phi) is 6.44. The van der Waals surface area contributed by atoms with Gasteiger partial charge in [0.05, 0.1) is 4.92 Å². The van der Waals surface area contributed by atoms with E-state index in [9.17, 15) is 23.3 Å². The topological polar surface area (TPSA) is 110 Å². The molecule has 22 heavy (non-hydrogen) atoms. The number of rotatable bonds is 8. The number of benzene rings is 1. The summed E-state index contributed by atoms with van der Waals surface area (Å²) in [6.45, 7) is 4.65. The number of para-hydroxylation sites is 1. The molecule has 1 aromatic carbocycles. The maximum atomic E-state index is 12.1. The van der Waals surface area contributed by atoms with Crippen molar-refractivity contribution in [3.63, 3.8) is 0 Å². The number of nitro groups is 1. The molecule has 0 saturated heterocycles. The molecule has 1 rings (SSSR count). The molecule has 0 aliphatic rings. The molecule has 0 spiro atoms. The van der Waals surface area contributed by atoms with Crippen molar-refractivity contribution in [1.29, 1.82) is 0 Å². The molecule has 0 saturated carbocycles. The van der Waals surface area contributed by atoms with Gasteiger partial charge in [0.1, 0.15) is 0 Å². The Morgan fingerprint density at radius 3 is 2.41 bits per heavy atom. The Balaban J connectivity index is 2.78. The monoisotopic (exact) mass is 329 g/mol.